The van der Waals surface area contributed by atoms with Crippen LogP contribution in [0.2, 0.25) is 0 Å². The van der Waals surface area contributed by atoms with Gasteiger partial charge in [0.15, 0.2) is 0 Å². The summed E-state index contributed by atoms with van der Waals surface area (Å²) < 4.78 is 0. The molecule has 2 amide bonds. The third-order valence-corrected chi connectivity index (χ3v) is 1.87. The fourth-order valence-corrected chi connectivity index (χ4v) is 1.08. The van der Waals surface area contributed by atoms with Crippen LogP contribution in [0.25, 0.3) is 0 Å². The first-order valence-corrected chi connectivity index (χ1v) is 4.58. The largest absolute Gasteiger partial charge is 0.506 e. The Balaban J connectivity index is 2.80. The number of rotatable bonds is 3. The lowest BCUT2D eigenvalue weighted by atomic mass is 10.2. The topological polar surface area (TPSA) is 92.4 Å². The van der Waals surface area contributed by atoms with E-state index in [1.807, 2.05) is 0 Å². The van der Waals surface area contributed by atoms with Crippen molar-refractivity contribution in [1.29, 1.82) is 0 Å². The summed E-state index contributed by atoms with van der Waals surface area (Å²) in [5, 5.41) is 11.8. The summed E-state index contributed by atoms with van der Waals surface area (Å²) in [6, 6.07) is 6.30. The highest BCUT2D eigenvalue weighted by Crippen LogP contribution is 2.21. The highest BCUT2D eigenvalue weighted by atomic mass is 16.3. The van der Waals surface area contributed by atoms with Gasteiger partial charge >= 0.3 is 0 Å². The Labute approximate surface area is 92.6 Å². The Kier molecular flexibility index (Phi) is 3.66. The van der Waals surface area contributed by atoms with E-state index in [0.717, 1.165) is 6.08 Å². The van der Waals surface area contributed by atoms with Crippen molar-refractivity contribution in [2.75, 3.05) is 5.32 Å². The van der Waals surface area contributed by atoms with Crippen molar-refractivity contribution >= 4 is 17.5 Å². The first-order chi connectivity index (χ1) is 7.50. The van der Waals surface area contributed by atoms with Crippen LogP contribution in [-0.2, 0) is 9.59 Å². The van der Waals surface area contributed by atoms with E-state index < -0.39 is 11.8 Å². The second-order valence-corrected chi connectivity index (χ2v) is 3.20. The number of hydrogen-bond donors (Lipinski definition) is 3. The number of hydrogen-bond acceptors (Lipinski definition) is 3. The van der Waals surface area contributed by atoms with Crippen molar-refractivity contribution in [2.24, 2.45) is 5.73 Å². The molecule has 0 aliphatic rings. The highest BCUT2D eigenvalue weighted by Gasteiger charge is 2.07. The molecule has 0 aliphatic carbocycles. The minimum atomic E-state index is -0.690. The van der Waals surface area contributed by atoms with E-state index in [2.05, 4.69) is 5.32 Å². The van der Waals surface area contributed by atoms with Crippen LogP contribution >= 0.6 is 0 Å². The van der Waals surface area contributed by atoms with Crippen LogP contribution in [0, 0.1) is 0 Å². The van der Waals surface area contributed by atoms with Crippen molar-refractivity contribution in [3.05, 3.63) is 35.9 Å². The number of para-hydroxylation sites is 2. The number of nitrogens with two attached hydrogens (primary N) is 1. The number of primary amides is 1. The van der Waals surface area contributed by atoms with Crippen LogP contribution in [-0.4, -0.2) is 16.9 Å². The third-order valence-electron chi connectivity index (χ3n) is 1.87. The fourth-order valence-electron chi connectivity index (χ4n) is 1.08. The van der Waals surface area contributed by atoms with Gasteiger partial charge in [-0.05, 0) is 19.1 Å². The molecule has 0 aliphatic heterocycles. The molecule has 5 nitrogen and oxygen atoms in total. The molecule has 16 heavy (non-hydrogen) atoms. The summed E-state index contributed by atoms with van der Waals surface area (Å²) in [5.74, 6) is -1.21. The lowest BCUT2D eigenvalue weighted by Gasteiger charge is -2.06. The second kappa shape index (κ2) is 4.97. The molecule has 0 saturated heterocycles. The number of aromatic hydroxyl groups is 1. The number of phenols is 1. The van der Waals surface area contributed by atoms with Crippen molar-refractivity contribution in [3.63, 3.8) is 0 Å². The van der Waals surface area contributed by atoms with Crippen LogP contribution in [0.3, 0.4) is 0 Å². The zero-order chi connectivity index (χ0) is 12.1. The zero-order valence-electron chi connectivity index (χ0n) is 8.73. The van der Waals surface area contributed by atoms with Gasteiger partial charge in [-0.15, -0.1) is 0 Å². The first kappa shape index (κ1) is 11.8. The maximum Gasteiger partial charge on any atom is 0.251 e. The predicted molar refractivity (Wildman–Crippen MR) is 59.7 cm³/mol. The van der Waals surface area contributed by atoms with E-state index in [0.29, 0.717) is 0 Å². The Bertz CT molecular complexity index is 452. The number of carbonyl (C=O) groups excluding carboxylic acids is 2. The van der Waals surface area contributed by atoms with E-state index >= 15 is 0 Å². The van der Waals surface area contributed by atoms with E-state index in [4.69, 9.17) is 5.73 Å². The standard InChI is InChI=1S/C11H12N2O3/c1-7(6-10(12)15)11(16)13-8-4-2-3-5-9(8)14/h2-6,14H,1H3,(H2,12,15)(H,13,16). The van der Waals surface area contributed by atoms with Gasteiger partial charge in [0.2, 0.25) is 5.91 Å². The van der Waals surface area contributed by atoms with Crippen LogP contribution in [0.4, 0.5) is 5.69 Å². The summed E-state index contributed by atoms with van der Waals surface area (Å²) >= 11 is 0. The molecule has 0 fully saturated rings. The van der Waals surface area contributed by atoms with Crippen LogP contribution in [0.15, 0.2) is 35.9 Å². The van der Waals surface area contributed by atoms with Gasteiger partial charge in [-0.2, -0.15) is 0 Å². The van der Waals surface area contributed by atoms with Crippen LogP contribution < -0.4 is 11.1 Å². The van der Waals surface area contributed by atoms with Gasteiger partial charge in [0, 0.05) is 11.6 Å². The molecule has 0 heterocycles. The molecule has 1 aromatic rings. The van der Waals surface area contributed by atoms with Crippen molar-refractivity contribution < 1.29 is 14.7 Å². The van der Waals surface area contributed by atoms with E-state index in [-0.39, 0.29) is 17.0 Å². The number of benzene rings is 1. The number of carbonyl (C=O) groups is 2. The minimum Gasteiger partial charge on any atom is -0.506 e. The van der Waals surface area contributed by atoms with E-state index in [1.54, 1.807) is 18.2 Å². The van der Waals surface area contributed by atoms with Gasteiger partial charge in [-0.25, -0.2) is 0 Å². The molecule has 0 atom stereocenters. The summed E-state index contributed by atoms with van der Waals surface area (Å²) in [6.07, 6.45) is 1.02. The zero-order valence-corrected chi connectivity index (χ0v) is 8.73. The molecule has 0 aromatic heterocycles. The summed E-state index contributed by atoms with van der Waals surface area (Å²) in [6.45, 7) is 1.46. The molecule has 84 valence electrons. The fraction of sp³-hybridized carbons (Fsp3) is 0.0909. The minimum absolute atomic E-state index is 0.0391. The first-order valence-electron chi connectivity index (χ1n) is 4.58. The molecule has 0 radical (unpaired) electrons. The molecule has 4 N–H and O–H groups in total. The van der Waals surface area contributed by atoms with Crippen LogP contribution in [0.5, 0.6) is 5.75 Å². The Hall–Kier alpha value is -2.30. The second-order valence-electron chi connectivity index (χ2n) is 3.20. The number of phenolic OH excluding ortho intramolecular Hbond substituents is 1. The van der Waals surface area contributed by atoms with E-state index in [9.17, 15) is 14.7 Å². The average molecular weight is 220 g/mol. The SMILES string of the molecule is CC(=CC(N)=O)C(=O)Nc1ccccc1O. The molecule has 1 aromatic carbocycles. The van der Waals surface area contributed by atoms with Gasteiger partial charge in [0.25, 0.3) is 5.91 Å². The van der Waals surface area contributed by atoms with Gasteiger partial charge in [0.05, 0.1) is 5.69 Å². The molecule has 5 heteroatoms. The Morgan fingerprint density at radius 1 is 1.38 bits per heavy atom. The van der Waals surface area contributed by atoms with Crippen LogP contribution in [0.1, 0.15) is 6.92 Å². The number of anilines is 1. The summed E-state index contributed by atoms with van der Waals surface area (Å²) in [5.41, 5.74) is 5.37. The number of nitrogens with one attached hydrogen (secondary N) is 1. The normalized spacial score (nSPS) is 10.9. The lowest BCUT2D eigenvalue weighted by Crippen LogP contribution is -2.16. The Morgan fingerprint density at radius 2 is 2.00 bits per heavy atom. The number of amides is 2. The molecule has 0 spiro atoms. The lowest BCUT2D eigenvalue weighted by molar-refractivity contribution is -0.115. The summed E-state index contributed by atoms with van der Waals surface area (Å²) in [4.78, 5) is 22.1. The van der Waals surface area contributed by atoms with Crippen molar-refractivity contribution in [3.8, 4) is 5.75 Å². The van der Waals surface area contributed by atoms with Gasteiger partial charge < -0.3 is 16.2 Å². The predicted octanol–water partition coefficient (Wildman–Crippen LogP) is 0.762. The summed E-state index contributed by atoms with van der Waals surface area (Å²) in [7, 11) is 0. The Morgan fingerprint density at radius 3 is 2.56 bits per heavy atom. The van der Waals surface area contributed by atoms with Crippen molar-refractivity contribution in [2.45, 2.75) is 6.92 Å². The third kappa shape index (κ3) is 3.13. The average Bonchev–Trinajstić information content (AvgIpc) is 2.20. The molecule has 1 rings (SSSR count). The maximum absolute atomic E-state index is 11.5. The van der Waals surface area contributed by atoms with Gasteiger partial charge in [-0.1, -0.05) is 12.1 Å². The molecular weight excluding hydrogens is 208 g/mol. The van der Waals surface area contributed by atoms with Gasteiger partial charge in [0.1, 0.15) is 5.75 Å². The van der Waals surface area contributed by atoms with Crippen molar-refractivity contribution in [1.82, 2.24) is 0 Å². The quantitative estimate of drug-likeness (QED) is 0.518. The monoisotopic (exact) mass is 220 g/mol. The maximum atomic E-state index is 11.5. The molecular formula is C11H12N2O3. The van der Waals surface area contributed by atoms with E-state index in [1.165, 1.54) is 13.0 Å². The highest BCUT2D eigenvalue weighted by molar-refractivity contribution is 6.07. The molecule has 0 saturated carbocycles. The smallest absolute Gasteiger partial charge is 0.251 e. The van der Waals surface area contributed by atoms with Gasteiger partial charge in [-0.3, -0.25) is 9.59 Å². The molecule has 0 unspecified atom stereocenters. The molecule has 0 bridgehead atoms.